The first-order chi connectivity index (χ1) is 34.1. The summed E-state index contributed by atoms with van der Waals surface area (Å²) in [5.74, 6) is 2.74. The molecule has 2 saturated carbocycles. The molecule has 2 aliphatic carbocycles. The van der Waals surface area contributed by atoms with Gasteiger partial charge in [-0.3, -0.25) is 19.6 Å². The van der Waals surface area contributed by atoms with Gasteiger partial charge in [0.1, 0.15) is 23.7 Å². The van der Waals surface area contributed by atoms with Gasteiger partial charge in [-0.2, -0.15) is 0 Å². The number of hydrogen-bond donors (Lipinski definition) is 4. The molecule has 4 aromatic heterocycles. The summed E-state index contributed by atoms with van der Waals surface area (Å²) in [7, 11) is 2.64. The van der Waals surface area contributed by atoms with Crippen molar-refractivity contribution in [3.05, 3.63) is 72.6 Å². The molecule has 4 saturated heterocycles. The largest absolute Gasteiger partial charge is 0.453 e. The van der Waals surface area contributed by atoms with Crippen molar-refractivity contribution in [2.24, 2.45) is 35.5 Å². The highest BCUT2D eigenvalue weighted by molar-refractivity contribution is 5.91. The van der Waals surface area contributed by atoms with Crippen molar-refractivity contribution >= 4 is 57.1 Å². The Morgan fingerprint density at radius 3 is 1.41 bits per heavy atom. The van der Waals surface area contributed by atoms with Gasteiger partial charge in [0.25, 0.3) is 0 Å². The summed E-state index contributed by atoms with van der Waals surface area (Å²) in [6.45, 7) is 6.59. The van der Waals surface area contributed by atoms with E-state index >= 15 is 0 Å². The predicted molar refractivity (Wildman–Crippen MR) is 257 cm³/mol. The summed E-state index contributed by atoms with van der Waals surface area (Å²) in [6, 6.07) is 14.6. The fourth-order valence-corrected chi connectivity index (χ4v) is 12.5. The van der Waals surface area contributed by atoms with E-state index in [1.807, 2.05) is 58.6 Å². The summed E-state index contributed by atoms with van der Waals surface area (Å²) in [5.41, 5.74) is 8.55. The lowest BCUT2D eigenvalue weighted by Gasteiger charge is -2.35. The number of benzene rings is 2. The molecule has 364 valence electrons. The van der Waals surface area contributed by atoms with Gasteiger partial charge in [0.2, 0.25) is 11.8 Å². The summed E-state index contributed by atoms with van der Waals surface area (Å²) < 4.78 is 21.1. The SMILES string of the molecule is COC(=O)N[C@H](C(=O)N1[C@@H]2[C@H](C)[C@@H]2C[C@H]1c1nc2ccc(-c3cnc4cc(-c5ccc6nc([C@@H]7C[C@H]8[C@@H](C)[C@H]8N7C(=O)[C@@H](NC(=O)OC)C7CCOCC7)[nH]c6c5)cnc4c3)cc2[nH]1)C1CCOCC1. The first-order valence-corrected chi connectivity index (χ1v) is 24.8. The molecule has 6 aliphatic rings. The van der Waals surface area contributed by atoms with E-state index in [0.29, 0.717) is 75.8 Å². The minimum atomic E-state index is -0.705. The molecule has 0 spiro atoms. The minimum absolute atomic E-state index is 0.0461. The van der Waals surface area contributed by atoms with E-state index in [0.717, 1.165) is 79.8 Å². The second-order valence-electron chi connectivity index (χ2n) is 20.3. The molecule has 4 aliphatic heterocycles. The fraction of sp³-hybridized carbons (Fsp3) is 0.500. The number of nitrogens with one attached hydrogen (secondary N) is 4. The zero-order chi connectivity index (χ0) is 47.9. The maximum atomic E-state index is 14.5. The van der Waals surface area contributed by atoms with Gasteiger partial charge < -0.3 is 49.3 Å². The van der Waals surface area contributed by atoms with Gasteiger partial charge in [0.15, 0.2) is 0 Å². The number of pyridine rings is 2. The number of methoxy groups -OCH3 is 2. The molecule has 0 radical (unpaired) electrons. The van der Waals surface area contributed by atoms with Gasteiger partial charge in [-0.25, -0.2) is 19.6 Å². The summed E-state index contributed by atoms with van der Waals surface area (Å²) >= 11 is 0. The van der Waals surface area contributed by atoms with E-state index in [2.05, 4.69) is 46.6 Å². The topological polar surface area (TPSA) is 219 Å². The van der Waals surface area contributed by atoms with Gasteiger partial charge in [-0.15, -0.1) is 0 Å². The molecule has 18 heteroatoms. The lowest BCUT2D eigenvalue weighted by molar-refractivity contribution is -0.139. The first kappa shape index (κ1) is 44.5. The molecule has 2 aromatic carbocycles. The van der Waals surface area contributed by atoms with Crippen molar-refractivity contribution in [1.82, 2.24) is 50.3 Å². The van der Waals surface area contributed by atoms with E-state index in [-0.39, 0.29) is 47.8 Å². The maximum absolute atomic E-state index is 14.5. The summed E-state index contributed by atoms with van der Waals surface area (Å²) in [6.07, 6.45) is 6.86. The standard InChI is InChI=1S/C52H58N10O8/c1-25-33-21-41(61(45(25)33)49(63)43(59-51(65)67-3)27-9-13-69-14-10-27)47-55-35-7-5-29(17-39(35)57-47)31-19-37-38(53-23-31)20-32(24-54-37)30-6-8-36-40(18-30)58-48(56-36)42-22-34-26(2)46(34)62(42)50(64)44(60-52(66)68-4)28-11-15-70-16-12-28/h5-8,17-20,23-28,33-34,41-46H,9-16,21-22H2,1-4H3,(H,55,57)(H,56,58)(H,59,65)(H,60,66)/t25-,26-,33+,34+,41+,42+,43+,44+,45-,46-/m1/s1. The van der Waals surface area contributed by atoms with Crippen LogP contribution in [0.3, 0.4) is 0 Å². The van der Waals surface area contributed by atoms with Gasteiger partial charge in [0, 0.05) is 62.0 Å². The van der Waals surface area contributed by atoms with Crippen LogP contribution in [0.1, 0.15) is 76.1 Å². The molecule has 4 amide bonds. The Kier molecular flexibility index (Phi) is 11.2. The molecule has 6 fully saturated rings. The van der Waals surface area contributed by atoms with Crippen LogP contribution in [0.5, 0.6) is 0 Å². The Morgan fingerprint density at radius 1 is 0.600 bits per heavy atom. The molecular weight excluding hydrogens is 893 g/mol. The van der Waals surface area contributed by atoms with Crippen molar-refractivity contribution in [3.63, 3.8) is 0 Å². The summed E-state index contributed by atoms with van der Waals surface area (Å²) in [4.78, 5) is 84.9. The van der Waals surface area contributed by atoms with Crippen LogP contribution in [0.2, 0.25) is 0 Å². The Labute approximate surface area is 404 Å². The van der Waals surface area contributed by atoms with E-state index in [1.165, 1.54) is 14.2 Å². The van der Waals surface area contributed by atoms with Gasteiger partial charge in [0.05, 0.1) is 59.4 Å². The van der Waals surface area contributed by atoms with Crippen LogP contribution in [0.15, 0.2) is 60.9 Å². The zero-order valence-electron chi connectivity index (χ0n) is 39.7. The van der Waals surface area contributed by atoms with Crippen LogP contribution in [0.25, 0.3) is 55.4 Å². The number of aromatic nitrogens is 6. The molecule has 0 bridgehead atoms. The summed E-state index contributed by atoms with van der Waals surface area (Å²) in [5, 5.41) is 5.75. The normalized spacial score (nSPS) is 27.3. The number of ether oxygens (including phenoxy) is 4. The van der Waals surface area contributed by atoms with E-state index in [1.54, 1.807) is 0 Å². The van der Waals surface area contributed by atoms with Crippen LogP contribution in [0.4, 0.5) is 9.59 Å². The van der Waals surface area contributed by atoms with Crippen molar-refractivity contribution in [2.75, 3.05) is 40.6 Å². The number of piperidine rings is 2. The number of rotatable bonds is 10. The molecule has 10 atom stereocenters. The highest BCUT2D eigenvalue weighted by Gasteiger charge is 2.63. The first-order valence-electron chi connectivity index (χ1n) is 24.8. The van der Waals surface area contributed by atoms with Crippen molar-refractivity contribution in [2.45, 2.75) is 88.6 Å². The number of hydrogen-bond acceptors (Lipinski definition) is 12. The second-order valence-corrected chi connectivity index (χ2v) is 20.3. The molecule has 12 rings (SSSR count). The zero-order valence-corrected chi connectivity index (χ0v) is 39.7. The lowest BCUT2D eigenvalue weighted by Crippen LogP contribution is -2.54. The smallest absolute Gasteiger partial charge is 0.407 e. The van der Waals surface area contributed by atoms with Crippen molar-refractivity contribution in [3.8, 4) is 22.3 Å². The molecule has 6 aromatic rings. The number of amides is 4. The van der Waals surface area contributed by atoms with Crippen molar-refractivity contribution < 1.29 is 38.1 Å². The Bertz CT molecular complexity index is 2830. The van der Waals surface area contributed by atoms with Crippen LogP contribution in [-0.4, -0.2) is 129 Å². The molecule has 0 unspecified atom stereocenters. The number of carbonyl (C=O) groups is 4. The second kappa shape index (κ2) is 17.6. The number of imidazole rings is 2. The van der Waals surface area contributed by atoms with Gasteiger partial charge in [-0.1, -0.05) is 26.0 Å². The third-order valence-electron chi connectivity index (χ3n) is 16.6. The Balaban J connectivity index is 0.771. The third kappa shape index (κ3) is 7.79. The number of aromatic amines is 2. The van der Waals surface area contributed by atoms with E-state index in [4.69, 9.17) is 38.9 Å². The Morgan fingerprint density at radius 2 is 1.01 bits per heavy atom. The van der Waals surface area contributed by atoms with Gasteiger partial charge >= 0.3 is 12.2 Å². The molecule has 18 nitrogen and oxygen atoms in total. The quantitative estimate of drug-likeness (QED) is 0.111. The average Bonchev–Trinajstić information content (AvgIpc) is 3.81. The average molecular weight is 951 g/mol. The lowest BCUT2D eigenvalue weighted by atomic mass is 9.90. The van der Waals surface area contributed by atoms with Crippen LogP contribution in [-0.2, 0) is 28.5 Å². The van der Waals surface area contributed by atoms with E-state index in [9.17, 15) is 19.2 Å². The molecule has 70 heavy (non-hydrogen) atoms. The molecular formula is C52H58N10O8. The van der Waals surface area contributed by atoms with Crippen LogP contribution >= 0.6 is 0 Å². The molecule has 4 N–H and O–H groups in total. The number of fused-ring (bicyclic) bond motifs is 5. The van der Waals surface area contributed by atoms with E-state index < -0.39 is 24.3 Å². The predicted octanol–water partition coefficient (Wildman–Crippen LogP) is 6.83. The maximum Gasteiger partial charge on any atom is 0.407 e. The third-order valence-corrected chi connectivity index (χ3v) is 16.6. The number of H-pyrrole nitrogens is 2. The number of carbonyl (C=O) groups excluding carboxylic acids is 4. The highest BCUT2D eigenvalue weighted by Crippen LogP contribution is 2.59. The number of nitrogens with zero attached hydrogens (tertiary/aromatic N) is 6. The molecule has 8 heterocycles. The highest BCUT2D eigenvalue weighted by atomic mass is 16.5. The monoisotopic (exact) mass is 950 g/mol. The van der Waals surface area contributed by atoms with Crippen LogP contribution < -0.4 is 10.6 Å². The number of alkyl carbamates (subject to hydrolysis) is 2. The van der Waals surface area contributed by atoms with Crippen molar-refractivity contribution in [1.29, 1.82) is 0 Å². The Hall–Kier alpha value is -6.66. The van der Waals surface area contributed by atoms with Crippen LogP contribution in [0, 0.1) is 35.5 Å². The fourth-order valence-electron chi connectivity index (χ4n) is 12.5. The minimum Gasteiger partial charge on any atom is -0.453 e. The number of likely N-dealkylation sites (tertiary alicyclic amines) is 2. The van der Waals surface area contributed by atoms with Gasteiger partial charge in [-0.05, 0) is 122 Å².